The Hall–Kier alpha value is -0.830. The van der Waals surface area contributed by atoms with Gasteiger partial charge in [0.25, 0.3) is 0 Å². The summed E-state index contributed by atoms with van der Waals surface area (Å²) in [5.74, 6) is 0.915. The molecule has 90 valence electrons. The Labute approximate surface area is 98.2 Å². The summed E-state index contributed by atoms with van der Waals surface area (Å²) in [6.07, 6.45) is 6.91. The molecule has 0 aromatic carbocycles. The standard InChI is InChI=1S/C13H23N3/c1-10(12-5-6-12)14-7-11-8-15-16(9-11)13(2,3)4/h8-10,12,14H,5-7H2,1-4H3. The molecule has 1 N–H and O–H groups in total. The maximum atomic E-state index is 4.40. The molecular formula is C13H23N3. The van der Waals surface area contributed by atoms with Crippen molar-refractivity contribution in [3.05, 3.63) is 18.0 Å². The van der Waals surface area contributed by atoms with Gasteiger partial charge in [-0.1, -0.05) is 0 Å². The molecule has 1 aromatic rings. The summed E-state index contributed by atoms with van der Waals surface area (Å²) in [6.45, 7) is 9.73. The van der Waals surface area contributed by atoms with Gasteiger partial charge < -0.3 is 5.32 Å². The van der Waals surface area contributed by atoms with E-state index in [1.165, 1.54) is 18.4 Å². The third-order valence-corrected chi connectivity index (χ3v) is 3.28. The number of hydrogen-bond acceptors (Lipinski definition) is 2. The summed E-state index contributed by atoms with van der Waals surface area (Å²) in [6, 6.07) is 0.651. The van der Waals surface area contributed by atoms with Crippen LogP contribution in [0.15, 0.2) is 12.4 Å². The van der Waals surface area contributed by atoms with Crippen LogP contribution in [0.3, 0.4) is 0 Å². The Morgan fingerprint density at radius 3 is 2.69 bits per heavy atom. The Morgan fingerprint density at radius 2 is 2.19 bits per heavy atom. The Morgan fingerprint density at radius 1 is 1.50 bits per heavy atom. The lowest BCUT2D eigenvalue weighted by atomic mass is 10.1. The van der Waals surface area contributed by atoms with Gasteiger partial charge in [0.1, 0.15) is 0 Å². The second kappa shape index (κ2) is 4.21. The molecule has 3 nitrogen and oxygen atoms in total. The molecule has 0 saturated heterocycles. The predicted molar refractivity (Wildman–Crippen MR) is 66.2 cm³/mol. The predicted octanol–water partition coefficient (Wildman–Crippen LogP) is 2.53. The summed E-state index contributed by atoms with van der Waals surface area (Å²) < 4.78 is 2.03. The van der Waals surface area contributed by atoms with Crippen LogP contribution < -0.4 is 5.32 Å². The Bertz CT molecular complexity index is 344. The van der Waals surface area contributed by atoms with Gasteiger partial charge in [-0.2, -0.15) is 5.10 Å². The first kappa shape index (κ1) is 11.6. The van der Waals surface area contributed by atoms with Crippen LogP contribution in [0.5, 0.6) is 0 Å². The fraction of sp³-hybridized carbons (Fsp3) is 0.769. The van der Waals surface area contributed by atoms with E-state index in [-0.39, 0.29) is 5.54 Å². The van der Waals surface area contributed by atoms with Crippen molar-refractivity contribution in [2.24, 2.45) is 5.92 Å². The van der Waals surface area contributed by atoms with E-state index in [9.17, 15) is 0 Å². The van der Waals surface area contributed by atoms with Crippen LogP contribution in [-0.2, 0) is 12.1 Å². The average Bonchev–Trinajstić information content (AvgIpc) is 2.92. The first-order valence-electron chi connectivity index (χ1n) is 6.24. The van der Waals surface area contributed by atoms with Crippen LogP contribution in [0.25, 0.3) is 0 Å². The highest BCUT2D eigenvalue weighted by atomic mass is 15.3. The molecule has 0 spiro atoms. The molecule has 0 radical (unpaired) electrons. The molecule has 1 aliphatic carbocycles. The fourth-order valence-corrected chi connectivity index (χ4v) is 1.86. The van der Waals surface area contributed by atoms with Crippen LogP contribution in [0.2, 0.25) is 0 Å². The van der Waals surface area contributed by atoms with Crippen molar-refractivity contribution in [1.29, 1.82) is 0 Å². The highest BCUT2D eigenvalue weighted by Crippen LogP contribution is 2.32. The third kappa shape index (κ3) is 2.85. The molecule has 1 aliphatic rings. The number of aromatic nitrogens is 2. The molecule has 0 aliphatic heterocycles. The van der Waals surface area contributed by atoms with Gasteiger partial charge in [-0.05, 0) is 46.5 Å². The van der Waals surface area contributed by atoms with Crippen LogP contribution >= 0.6 is 0 Å². The lowest BCUT2D eigenvalue weighted by molar-refractivity contribution is 0.355. The minimum Gasteiger partial charge on any atom is -0.310 e. The monoisotopic (exact) mass is 221 g/mol. The van der Waals surface area contributed by atoms with E-state index in [0.717, 1.165) is 12.5 Å². The summed E-state index contributed by atoms with van der Waals surface area (Å²) in [5.41, 5.74) is 1.36. The second-order valence-electron chi connectivity index (χ2n) is 5.97. The van der Waals surface area contributed by atoms with E-state index in [0.29, 0.717) is 6.04 Å². The molecule has 1 fully saturated rings. The molecule has 16 heavy (non-hydrogen) atoms. The van der Waals surface area contributed by atoms with E-state index in [1.54, 1.807) is 0 Å². The highest BCUT2D eigenvalue weighted by molar-refractivity contribution is 5.05. The van der Waals surface area contributed by atoms with Gasteiger partial charge in [0.2, 0.25) is 0 Å². The number of nitrogens with one attached hydrogen (secondary N) is 1. The van der Waals surface area contributed by atoms with Crippen molar-refractivity contribution in [2.75, 3.05) is 0 Å². The highest BCUT2D eigenvalue weighted by Gasteiger charge is 2.27. The van der Waals surface area contributed by atoms with Crippen molar-refractivity contribution in [3.8, 4) is 0 Å². The summed E-state index contributed by atoms with van der Waals surface area (Å²) in [4.78, 5) is 0. The number of nitrogens with zero attached hydrogens (tertiary/aromatic N) is 2. The van der Waals surface area contributed by atoms with Gasteiger partial charge in [0, 0.05) is 24.3 Å². The third-order valence-electron chi connectivity index (χ3n) is 3.28. The maximum Gasteiger partial charge on any atom is 0.0543 e. The molecule has 1 atom stereocenters. The summed E-state index contributed by atoms with van der Waals surface area (Å²) in [5, 5.41) is 7.97. The molecule has 3 heteroatoms. The molecule has 1 saturated carbocycles. The lowest BCUT2D eigenvalue weighted by Crippen LogP contribution is -2.27. The second-order valence-corrected chi connectivity index (χ2v) is 5.97. The van der Waals surface area contributed by atoms with E-state index < -0.39 is 0 Å². The van der Waals surface area contributed by atoms with Crippen LogP contribution in [0.1, 0.15) is 46.1 Å². The van der Waals surface area contributed by atoms with Crippen molar-refractivity contribution < 1.29 is 0 Å². The van der Waals surface area contributed by atoms with Crippen molar-refractivity contribution in [1.82, 2.24) is 15.1 Å². The largest absolute Gasteiger partial charge is 0.310 e. The average molecular weight is 221 g/mol. The van der Waals surface area contributed by atoms with Gasteiger partial charge in [0.15, 0.2) is 0 Å². The molecular weight excluding hydrogens is 198 g/mol. The minimum absolute atomic E-state index is 0.0837. The molecule has 1 heterocycles. The van der Waals surface area contributed by atoms with E-state index in [2.05, 4.69) is 44.3 Å². The molecule has 0 bridgehead atoms. The zero-order chi connectivity index (χ0) is 11.8. The van der Waals surface area contributed by atoms with Gasteiger partial charge in [0.05, 0.1) is 11.7 Å². The Balaban J connectivity index is 1.87. The summed E-state index contributed by atoms with van der Waals surface area (Å²) >= 11 is 0. The lowest BCUT2D eigenvalue weighted by Gasteiger charge is -2.18. The van der Waals surface area contributed by atoms with E-state index >= 15 is 0 Å². The van der Waals surface area contributed by atoms with Crippen LogP contribution in [-0.4, -0.2) is 15.8 Å². The summed E-state index contributed by atoms with van der Waals surface area (Å²) in [7, 11) is 0. The topological polar surface area (TPSA) is 29.9 Å². The molecule has 1 aromatic heterocycles. The molecule has 1 unspecified atom stereocenters. The SMILES string of the molecule is CC(NCc1cnn(C(C)(C)C)c1)C1CC1. The van der Waals surface area contributed by atoms with Crippen molar-refractivity contribution in [2.45, 2.75) is 58.7 Å². The normalized spacial score (nSPS) is 18.8. The Kier molecular flexibility index (Phi) is 3.06. The van der Waals surface area contributed by atoms with E-state index in [1.807, 2.05) is 10.9 Å². The zero-order valence-electron chi connectivity index (χ0n) is 10.8. The number of rotatable bonds is 4. The van der Waals surface area contributed by atoms with Gasteiger partial charge in [-0.25, -0.2) is 0 Å². The first-order chi connectivity index (χ1) is 7.47. The van der Waals surface area contributed by atoms with Crippen molar-refractivity contribution in [3.63, 3.8) is 0 Å². The van der Waals surface area contributed by atoms with Gasteiger partial charge in [-0.15, -0.1) is 0 Å². The number of hydrogen-bond donors (Lipinski definition) is 1. The zero-order valence-corrected chi connectivity index (χ0v) is 10.8. The quantitative estimate of drug-likeness (QED) is 0.846. The van der Waals surface area contributed by atoms with Gasteiger partial charge in [-0.3, -0.25) is 4.68 Å². The minimum atomic E-state index is 0.0837. The smallest absolute Gasteiger partial charge is 0.0543 e. The maximum absolute atomic E-state index is 4.40. The van der Waals surface area contributed by atoms with E-state index in [4.69, 9.17) is 0 Å². The molecule has 2 rings (SSSR count). The first-order valence-corrected chi connectivity index (χ1v) is 6.24. The van der Waals surface area contributed by atoms with Gasteiger partial charge >= 0.3 is 0 Å². The molecule has 0 amide bonds. The van der Waals surface area contributed by atoms with Crippen LogP contribution in [0, 0.1) is 5.92 Å². The van der Waals surface area contributed by atoms with Crippen LogP contribution in [0.4, 0.5) is 0 Å². The fourth-order valence-electron chi connectivity index (χ4n) is 1.86. The van der Waals surface area contributed by atoms with Crippen molar-refractivity contribution >= 4 is 0 Å².